The van der Waals surface area contributed by atoms with Gasteiger partial charge in [-0.25, -0.2) is 0 Å². The van der Waals surface area contributed by atoms with Crippen molar-refractivity contribution in [1.82, 2.24) is 0 Å². The molecule has 0 aliphatic carbocycles. The second kappa shape index (κ2) is 4.68. The minimum absolute atomic E-state index is 0.215. The van der Waals surface area contributed by atoms with E-state index >= 15 is 0 Å². The van der Waals surface area contributed by atoms with Crippen molar-refractivity contribution < 1.29 is 9.53 Å². The van der Waals surface area contributed by atoms with Gasteiger partial charge in [-0.1, -0.05) is 13.3 Å². The van der Waals surface area contributed by atoms with Gasteiger partial charge >= 0.3 is 5.97 Å². The number of hydrogen-bond donors (Lipinski definition) is 1. The fourth-order valence-corrected chi connectivity index (χ4v) is 0.904. The number of esters is 1. The lowest BCUT2D eigenvalue weighted by atomic mass is 10.4. The molecule has 0 bridgehead atoms. The Labute approximate surface area is 61.0 Å². The molecule has 3 heteroatoms. The van der Waals surface area contributed by atoms with Crippen molar-refractivity contribution in [2.24, 2.45) is 0 Å². The molecule has 9 heavy (non-hydrogen) atoms. The van der Waals surface area contributed by atoms with Crippen molar-refractivity contribution in [3.05, 3.63) is 0 Å². The standard InChI is InChI=1S/C6H12O2S/c1-3-4-6(9)8-5(2)7/h6,9H,3-4H2,1-2H3. The van der Waals surface area contributed by atoms with Crippen molar-refractivity contribution in [3.63, 3.8) is 0 Å². The van der Waals surface area contributed by atoms with Crippen LogP contribution in [0.1, 0.15) is 26.7 Å². The van der Waals surface area contributed by atoms with E-state index in [4.69, 9.17) is 4.74 Å². The minimum Gasteiger partial charge on any atom is -0.452 e. The monoisotopic (exact) mass is 148 g/mol. The Hall–Kier alpha value is -0.180. The Bertz CT molecular complexity index is 93.1. The van der Waals surface area contributed by atoms with E-state index in [1.54, 1.807) is 0 Å². The third-order valence-corrected chi connectivity index (χ3v) is 1.20. The summed E-state index contributed by atoms with van der Waals surface area (Å²) >= 11 is 4.01. The summed E-state index contributed by atoms with van der Waals surface area (Å²) < 4.78 is 4.72. The fourth-order valence-electron chi connectivity index (χ4n) is 0.497. The molecule has 0 radical (unpaired) electrons. The van der Waals surface area contributed by atoms with E-state index in [2.05, 4.69) is 12.6 Å². The zero-order chi connectivity index (χ0) is 7.28. The summed E-state index contributed by atoms with van der Waals surface area (Å²) in [6.07, 6.45) is 1.81. The number of carbonyl (C=O) groups excluding carboxylic acids is 1. The van der Waals surface area contributed by atoms with E-state index in [-0.39, 0.29) is 11.4 Å². The lowest BCUT2D eigenvalue weighted by Gasteiger charge is -2.07. The van der Waals surface area contributed by atoms with Crippen LogP contribution in [0.2, 0.25) is 0 Å². The van der Waals surface area contributed by atoms with Gasteiger partial charge in [0.15, 0.2) is 0 Å². The molecular weight excluding hydrogens is 136 g/mol. The fraction of sp³-hybridized carbons (Fsp3) is 0.833. The molecule has 0 amide bonds. The largest absolute Gasteiger partial charge is 0.452 e. The quantitative estimate of drug-likeness (QED) is 0.374. The van der Waals surface area contributed by atoms with Crippen LogP contribution in [0.5, 0.6) is 0 Å². The Kier molecular flexibility index (Phi) is 4.58. The van der Waals surface area contributed by atoms with Gasteiger partial charge in [-0.05, 0) is 6.42 Å². The summed E-state index contributed by atoms with van der Waals surface area (Å²) in [5.74, 6) is -0.261. The molecule has 0 heterocycles. The van der Waals surface area contributed by atoms with Crippen molar-refractivity contribution in [3.8, 4) is 0 Å². The number of ether oxygens (including phenoxy) is 1. The molecule has 0 saturated carbocycles. The Morgan fingerprint density at radius 3 is 2.67 bits per heavy atom. The summed E-state index contributed by atoms with van der Waals surface area (Å²) in [5.41, 5.74) is -0.215. The van der Waals surface area contributed by atoms with Gasteiger partial charge in [0.05, 0.1) is 0 Å². The molecule has 0 aromatic heterocycles. The summed E-state index contributed by atoms with van der Waals surface area (Å²) in [5, 5.41) is 0. The van der Waals surface area contributed by atoms with Crippen molar-refractivity contribution in [1.29, 1.82) is 0 Å². The van der Waals surface area contributed by atoms with Crippen LogP contribution in [0.25, 0.3) is 0 Å². The van der Waals surface area contributed by atoms with Gasteiger partial charge in [0, 0.05) is 6.92 Å². The summed E-state index contributed by atoms with van der Waals surface area (Å²) in [4.78, 5) is 10.3. The zero-order valence-corrected chi connectivity index (χ0v) is 6.65. The molecule has 0 fully saturated rings. The first-order valence-electron chi connectivity index (χ1n) is 3.02. The first-order chi connectivity index (χ1) is 4.16. The third kappa shape index (κ3) is 5.69. The molecule has 0 aliphatic heterocycles. The van der Waals surface area contributed by atoms with Crippen LogP contribution in [0.3, 0.4) is 0 Å². The molecule has 0 rings (SSSR count). The predicted octanol–water partition coefficient (Wildman–Crippen LogP) is 1.61. The highest BCUT2D eigenvalue weighted by molar-refractivity contribution is 7.80. The Morgan fingerprint density at radius 1 is 1.78 bits per heavy atom. The van der Waals surface area contributed by atoms with Crippen molar-refractivity contribution in [2.45, 2.75) is 32.1 Å². The highest BCUT2D eigenvalue weighted by atomic mass is 32.1. The predicted molar refractivity (Wildman–Crippen MR) is 39.4 cm³/mol. The molecule has 0 N–H and O–H groups in total. The summed E-state index contributed by atoms with van der Waals surface area (Å²) in [6.45, 7) is 3.41. The summed E-state index contributed by atoms with van der Waals surface area (Å²) in [6, 6.07) is 0. The molecule has 0 aliphatic rings. The topological polar surface area (TPSA) is 26.3 Å². The highest BCUT2D eigenvalue weighted by Gasteiger charge is 2.02. The van der Waals surface area contributed by atoms with Crippen molar-refractivity contribution in [2.75, 3.05) is 0 Å². The summed E-state index contributed by atoms with van der Waals surface area (Å²) in [7, 11) is 0. The van der Waals surface area contributed by atoms with Gasteiger partial charge in [-0.2, -0.15) is 0 Å². The molecule has 2 nitrogen and oxygen atoms in total. The first kappa shape index (κ1) is 8.82. The number of thiol groups is 1. The second-order valence-electron chi connectivity index (χ2n) is 1.85. The average molecular weight is 148 g/mol. The molecule has 0 aromatic rings. The maximum atomic E-state index is 10.3. The van der Waals surface area contributed by atoms with Gasteiger partial charge in [-0.3, -0.25) is 4.79 Å². The van der Waals surface area contributed by atoms with E-state index in [9.17, 15) is 4.79 Å². The second-order valence-corrected chi connectivity index (χ2v) is 2.43. The Morgan fingerprint density at radius 2 is 2.33 bits per heavy atom. The molecule has 1 atom stereocenters. The lowest BCUT2D eigenvalue weighted by Crippen LogP contribution is -2.08. The SMILES string of the molecule is CCCC(S)OC(C)=O. The number of carbonyl (C=O) groups is 1. The molecular formula is C6H12O2S. The molecule has 0 saturated heterocycles. The number of rotatable bonds is 3. The van der Waals surface area contributed by atoms with E-state index in [1.807, 2.05) is 6.92 Å². The maximum absolute atomic E-state index is 10.3. The van der Waals surface area contributed by atoms with E-state index in [1.165, 1.54) is 6.92 Å². The lowest BCUT2D eigenvalue weighted by molar-refractivity contribution is -0.142. The van der Waals surface area contributed by atoms with E-state index in [0.717, 1.165) is 12.8 Å². The van der Waals surface area contributed by atoms with Gasteiger partial charge in [0.1, 0.15) is 5.44 Å². The van der Waals surface area contributed by atoms with Gasteiger partial charge in [-0.15, -0.1) is 12.6 Å². The van der Waals surface area contributed by atoms with Crippen LogP contribution < -0.4 is 0 Å². The molecule has 0 spiro atoms. The van der Waals surface area contributed by atoms with Crippen LogP contribution in [-0.2, 0) is 9.53 Å². The third-order valence-electron chi connectivity index (χ3n) is 0.838. The first-order valence-corrected chi connectivity index (χ1v) is 3.53. The van der Waals surface area contributed by atoms with Crippen LogP contribution in [0, 0.1) is 0 Å². The average Bonchev–Trinajstić information content (AvgIpc) is 1.63. The van der Waals surface area contributed by atoms with E-state index in [0.29, 0.717) is 0 Å². The molecule has 1 unspecified atom stereocenters. The van der Waals surface area contributed by atoms with Gasteiger partial charge in [0.25, 0.3) is 0 Å². The van der Waals surface area contributed by atoms with Gasteiger partial charge in [0.2, 0.25) is 0 Å². The van der Waals surface area contributed by atoms with Crippen LogP contribution in [0.15, 0.2) is 0 Å². The van der Waals surface area contributed by atoms with Crippen LogP contribution in [0.4, 0.5) is 0 Å². The highest BCUT2D eigenvalue weighted by Crippen LogP contribution is 2.05. The smallest absolute Gasteiger partial charge is 0.303 e. The maximum Gasteiger partial charge on any atom is 0.303 e. The number of hydrogen-bond acceptors (Lipinski definition) is 3. The minimum atomic E-state index is -0.261. The van der Waals surface area contributed by atoms with Crippen molar-refractivity contribution >= 4 is 18.6 Å². The zero-order valence-electron chi connectivity index (χ0n) is 5.76. The van der Waals surface area contributed by atoms with Gasteiger partial charge < -0.3 is 4.74 Å². The normalized spacial score (nSPS) is 12.8. The van der Waals surface area contributed by atoms with Crippen LogP contribution in [-0.4, -0.2) is 11.4 Å². The Balaban J connectivity index is 3.26. The van der Waals surface area contributed by atoms with Crippen LogP contribution >= 0.6 is 12.6 Å². The van der Waals surface area contributed by atoms with E-state index < -0.39 is 0 Å². The molecule has 54 valence electrons. The molecule has 0 aromatic carbocycles.